The van der Waals surface area contributed by atoms with Gasteiger partial charge in [-0.25, -0.2) is 13.1 Å². The molecule has 2 heterocycles. The van der Waals surface area contributed by atoms with Gasteiger partial charge in [0, 0.05) is 10.9 Å². The van der Waals surface area contributed by atoms with Gasteiger partial charge in [-0.15, -0.1) is 11.3 Å². The summed E-state index contributed by atoms with van der Waals surface area (Å²) in [5.74, 6) is 0. The lowest BCUT2D eigenvalue weighted by atomic mass is 10.2. The molecule has 1 atom stereocenters. The Balaban J connectivity index is 2.25. The van der Waals surface area contributed by atoms with E-state index in [0.29, 0.717) is 4.90 Å². The molecule has 0 bridgehead atoms. The molecule has 0 aliphatic rings. The molecular weight excluding hydrogens is 354 g/mol. The fourth-order valence-electron chi connectivity index (χ4n) is 1.58. The van der Waals surface area contributed by atoms with Crippen molar-refractivity contribution in [2.75, 3.05) is 0 Å². The van der Waals surface area contributed by atoms with Crippen molar-refractivity contribution in [2.45, 2.75) is 24.8 Å². The topological polar surface area (TPSA) is 46.2 Å². The summed E-state index contributed by atoms with van der Waals surface area (Å²) in [6, 6.07) is 3.34. The number of aryl methyl sites for hydroxylation is 1. The van der Waals surface area contributed by atoms with Crippen molar-refractivity contribution in [1.29, 1.82) is 0 Å². The van der Waals surface area contributed by atoms with Crippen molar-refractivity contribution in [3.8, 4) is 0 Å². The van der Waals surface area contributed by atoms with Crippen LogP contribution in [0.5, 0.6) is 0 Å². The number of nitrogens with one attached hydrogen (secondary N) is 1. The molecule has 0 radical (unpaired) electrons. The van der Waals surface area contributed by atoms with Crippen LogP contribution in [0.3, 0.4) is 0 Å². The van der Waals surface area contributed by atoms with Crippen molar-refractivity contribution >= 4 is 48.6 Å². The van der Waals surface area contributed by atoms with Crippen LogP contribution in [-0.2, 0) is 10.0 Å². The highest BCUT2D eigenvalue weighted by Gasteiger charge is 2.22. The zero-order valence-corrected chi connectivity index (χ0v) is 13.8. The number of thiophene rings is 2. The molecule has 0 spiro atoms. The third kappa shape index (κ3) is 3.03. The number of sulfonamides is 1. The highest BCUT2D eigenvalue weighted by Crippen LogP contribution is 2.30. The molecule has 0 saturated carbocycles. The Labute approximate surface area is 123 Å². The number of hydrogen-bond acceptors (Lipinski definition) is 4. The van der Waals surface area contributed by atoms with E-state index in [4.69, 9.17) is 0 Å². The minimum absolute atomic E-state index is 0.223. The Bertz CT molecular complexity index is 631. The normalized spacial score (nSPS) is 13.7. The van der Waals surface area contributed by atoms with Gasteiger partial charge in [-0.05, 0) is 58.2 Å². The second-order valence-corrected chi connectivity index (χ2v) is 8.97. The summed E-state index contributed by atoms with van der Waals surface area (Å²) in [5.41, 5.74) is 0.982. The molecule has 7 heteroatoms. The van der Waals surface area contributed by atoms with Crippen molar-refractivity contribution in [1.82, 2.24) is 4.72 Å². The van der Waals surface area contributed by atoms with E-state index >= 15 is 0 Å². The van der Waals surface area contributed by atoms with E-state index in [-0.39, 0.29) is 6.04 Å². The predicted octanol–water partition coefficient (Wildman–Crippen LogP) is 3.92. The second-order valence-electron chi connectivity index (χ2n) is 3.87. The van der Waals surface area contributed by atoms with Gasteiger partial charge in [-0.2, -0.15) is 11.3 Å². The lowest BCUT2D eigenvalue weighted by Gasteiger charge is -2.12. The van der Waals surface area contributed by atoms with Crippen LogP contribution in [0.25, 0.3) is 0 Å². The van der Waals surface area contributed by atoms with Gasteiger partial charge in [-0.1, -0.05) is 0 Å². The van der Waals surface area contributed by atoms with Gasteiger partial charge in [0.05, 0.1) is 8.68 Å². The van der Waals surface area contributed by atoms with Gasteiger partial charge in [0.1, 0.15) is 0 Å². The Morgan fingerprint density at radius 1 is 1.44 bits per heavy atom. The molecular formula is C11H12BrNO2S3. The maximum atomic E-state index is 12.3. The van der Waals surface area contributed by atoms with E-state index in [9.17, 15) is 8.42 Å². The minimum Gasteiger partial charge on any atom is -0.207 e. The zero-order chi connectivity index (χ0) is 13.3. The van der Waals surface area contributed by atoms with Crippen molar-refractivity contribution in [2.24, 2.45) is 0 Å². The summed E-state index contributed by atoms with van der Waals surface area (Å²) >= 11 is 6.29. The monoisotopic (exact) mass is 365 g/mol. The molecule has 2 rings (SSSR count). The standard InChI is InChI=1S/C11H12BrNO2S3/c1-7(9-3-4-16-6-9)13-18(14,15)10-5-11(12)17-8(10)2/h3-7,13H,1-2H3. The average Bonchev–Trinajstić information content (AvgIpc) is 2.86. The van der Waals surface area contributed by atoms with Crippen LogP contribution in [0.2, 0.25) is 0 Å². The van der Waals surface area contributed by atoms with Crippen molar-refractivity contribution < 1.29 is 8.42 Å². The van der Waals surface area contributed by atoms with Crippen LogP contribution in [0.1, 0.15) is 23.4 Å². The predicted molar refractivity (Wildman–Crippen MR) is 79.8 cm³/mol. The summed E-state index contributed by atoms with van der Waals surface area (Å²) in [7, 11) is -3.46. The molecule has 0 fully saturated rings. The van der Waals surface area contributed by atoms with Crippen LogP contribution < -0.4 is 4.72 Å². The molecule has 0 aliphatic carbocycles. The highest BCUT2D eigenvalue weighted by atomic mass is 79.9. The summed E-state index contributed by atoms with van der Waals surface area (Å²) in [4.78, 5) is 1.13. The number of hydrogen-bond donors (Lipinski definition) is 1. The Kier molecular flexibility index (Phi) is 4.28. The Morgan fingerprint density at radius 2 is 2.17 bits per heavy atom. The maximum absolute atomic E-state index is 12.3. The van der Waals surface area contributed by atoms with Crippen LogP contribution in [0.15, 0.2) is 31.6 Å². The van der Waals surface area contributed by atoms with E-state index < -0.39 is 10.0 Å². The smallest absolute Gasteiger partial charge is 0.207 e. The quantitative estimate of drug-likeness (QED) is 0.892. The lowest BCUT2D eigenvalue weighted by Crippen LogP contribution is -2.26. The molecule has 1 unspecified atom stereocenters. The third-order valence-corrected chi connectivity index (χ3v) is 6.56. The molecule has 3 nitrogen and oxygen atoms in total. The second kappa shape index (κ2) is 5.42. The summed E-state index contributed by atoms with van der Waals surface area (Å²) < 4.78 is 28.0. The lowest BCUT2D eigenvalue weighted by molar-refractivity contribution is 0.567. The van der Waals surface area contributed by atoms with Crippen LogP contribution in [0.4, 0.5) is 0 Å². The molecule has 0 aromatic carbocycles. The fourth-order valence-corrected chi connectivity index (χ4v) is 5.98. The highest BCUT2D eigenvalue weighted by molar-refractivity contribution is 9.11. The Morgan fingerprint density at radius 3 is 2.67 bits per heavy atom. The molecule has 0 amide bonds. The first-order valence-corrected chi connectivity index (χ1v) is 9.24. The summed E-state index contributed by atoms with van der Waals surface area (Å²) in [6.07, 6.45) is 0. The van der Waals surface area contributed by atoms with E-state index in [0.717, 1.165) is 14.2 Å². The first kappa shape index (κ1) is 14.2. The SMILES string of the molecule is Cc1sc(Br)cc1S(=O)(=O)NC(C)c1ccsc1. The first-order valence-electron chi connectivity index (χ1n) is 5.20. The first-order chi connectivity index (χ1) is 8.40. The fraction of sp³-hybridized carbons (Fsp3) is 0.273. The molecule has 0 saturated heterocycles. The molecule has 2 aromatic rings. The van der Waals surface area contributed by atoms with Gasteiger partial charge in [0.15, 0.2) is 0 Å². The van der Waals surface area contributed by atoms with Gasteiger partial charge in [0.2, 0.25) is 10.0 Å². The summed E-state index contributed by atoms with van der Waals surface area (Å²) in [5, 5.41) is 3.89. The molecule has 18 heavy (non-hydrogen) atoms. The van der Waals surface area contributed by atoms with E-state index in [1.165, 1.54) is 11.3 Å². The summed E-state index contributed by atoms with van der Waals surface area (Å²) in [6.45, 7) is 3.65. The van der Waals surface area contributed by atoms with Gasteiger partial charge in [-0.3, -0.25) is 0 Å². The molecule has 2 aromatic heterocycles. The van der Waals surface area contributed by atoms with E-state index in [1.807, 2.05) is 23.8 Å². The van der Waals surface area contributed by atoms with E-state index in [1.54, 1.807) is 24.3 Å². The minimum atomic E-state index is -3.46. The van der Waals surface area contributed by atoms with E-state index in [2.05, 4.69) is 20.7 Å². The number of halogens is 1. The molecule has 98 valence electrons. The van der Waals surface area contributed by atoms with Crippen LogP contribution >= 0.6 is 38.6 Å². The number of rotatable bonds is 4. The van der Waals surface area contributed by atoms with Gasteiger partial charge in [0.25, 0.3) is 0 Å². The largest absolute Gasteiger partial charge is 0.242 e. The zero-order valence-electron chi connectivity index (χ0n) is 9.81. The van der Waals surface area contributed by atoms with Crippen LogP contribution in [-0.4, -0.2) is 8.42 Å². The van der Waals surface area contributed by atoms with Crippen molar-refractivity contribution in [3.05, 3.63) is 37.1 Å². The average molecular weight is 366 g/mol. The maximum Gasteiger partial charge on any atom is 0.242 e. The molecule has 0 aliphatic heterocycles. The third-order valence-electron chi connectivity index (χ3n) is 2.51. The molecule has 1 N–H and O–H groups in total. The Hall–Kier alpha value is -0.210. The van der Waals surface area contributed by atoms with Gasteiger partial charge >= 0.3 is 0 Å². The van der Waals surface area contributed by atoms with Gasteiger partial charge < -0.3 is 0 Å². The van der Waals surface area contributed by atoms with Crippen LogP contribution in [0, 0.1) is 6.92 Å². The van der Waals surface area contributed by atoms with Crippen molar-refractivity contribution in [3.63, 3.8) is 0 Å².